The highest BCUT2D eigenvalue weighted by Gasteiger charge is 2.23. The molecule has 7 nitrogen and oxygen atoms in total. The van der Waals surface area contributed by atoms with Crippen LogP contribution in [0.1, 0.15) is 24.6 Å². The topological polar surface area (TPSA) is 77.6 Å². The minimum absolute atomic E-state index is 0.0888. The summed E-state index contributed by atoms with van der Waals surface area (Å²) in [5.41, 5.74) is 2.92. The van der Waals surface area contributed by atoms with Crippen LogP contribution in [0, 0.1) is 5.92 Å². The molecule has 4 rings (SSSR count). The number of halogens is 1. The average molecular weight is 401 g/mol. The molecule has 0 unspecified atom stereocenters. The molecule has 1 N–H and O–H groups in total. The van der Waals surface area contributed by atoms with Gasteiger partial charge in [0.2, 0.25) is 5.91 Å². The minimum Gasteiger partial charge on any atom is -0.495 e. The molecule has 146 valence electrons. The fourth-order valence-electron chi connectivity index (χ4n) is 3.67. The summed E-state index contributed by atoms with van der Waals surface area (Å²) >= 11 is 6.09. The van der Waals surface area contributed by atoms with E-state index in [0.29, 0.717) is 27.9 Å². The number of carbonyl (C=O) groups is 1. The van der Waals surface area contributed by atoms with Crippen LogP contribution in [0.15, 0.2) is 35.4 Å². The lowest BCUT2D eigenvalue weighted by atomic mass is 9.88. The van der Waals surface area contributed by atoms with Crippen LogP contribution in [0.2, 0.25) is 5.02 Å². The fourth-order valence-corrected chi connectivity index (χ4v) is 3.93. The van der Waals surface area contributed by atoms with Gasteiger partial charge in [-0.15, -0.1) is 0 Å². The number of ether oxygens (including phenoxy) is 1. The lowest BCUT2D eigenvalue weighted by molar-refractivity contribution is -0.116. The third-order valence-electron chi connectivity index (χ3n) is 5.12. The molecule has 1 atom stereocenters. The van der Waals surface area contributed by atoms with Crippen LogP contribution >= 0.6 is 11.6 Å². The summed E-state index contributed by atoms with van der Waals surface area (Å²) in [7, 11) is 1.53. The summed E-state index contributed by atoms with van der Waals surface area (Å²) in [4.78, 5) is 25.4. The second kappa shape index (κ2) is 7.31. The van der Waals surface area contributed by atoms with Crippen molar-refractivity contribution in [3.63, 3.8) is 0 Å². The minimum atomic E-state index is -0.311. The molecule has 28 heavy (non-hydrogen) atoms. The Labute approximate surface area is 166 Å². The van der Waals surface area contributed by atoms with Crippen LogP contribution in [0.5, 0.6) is 5.75 Å². The Balaban J connectivity index is 1.58. The first-order valence-electron chi connectivity index (χ1n) is 9.19. The van der Waals surface area contributed by atoms with Crippen LogP contribution in [0.4, 0.5) is 5.69 Å². The van der Waals surface area contributed by atoms with E-state index in [-0.39, 0.29) is 18.0 Å². The highest BCUT2D eigenvalue weighted by Crippen LogP contribution is 2.28. The number of anilines is 1. The zero-order valence-electron chi connectivity index (χ0n) is 15.7. The van der Waals surface area contributed by atoms with Crippen LogP contribution in [0.25, 0.3) is 5.52 Å². The van der Waals surface area contributed by atoms with Gasteiger partial charge in [-0.1, -0.05) is 18.5 Å². The molecular weight excluding hydrogens is 380 g/mol. The number of nitrogens with one attached hydrogen (secondary N) is 1. The molecule has 1 amide bonds. The lowest BCUT2D eigenvalue weighted by Gasteiger charge is -2.16. The molecule has 1 aliphatic carbocycles. The van der Waals surface area contributed by atoms with E-state index in [4.69, 9.17) is 16.3 Å². The van der Waals surface area contributed by atoms with Crippen molar-refractivity contribution in [3.05, 3.63) is 57.2 Å². The summed E-state index contributed by atoms with van der Waals surface area (Å²) in [6.45, 7) is 2.09. The number of benzene rings is 1. The number of nitrogens with zero attached hydrogens (tertiary/aromatic N) is 3. The van der Waals surface area contributed by atoms with Gasteiger partial charge in [0, 0.05) is 23.6 Å². The summed E-state index contributed by atoms with van der Waals surface area (Å²) < 4.78 is 8.16. The molecule has 0 fully saturated rings. The third-order valence-corrected chi connectivity index (χ3v) is 5.41. The van der Waals surface area contributed by atoms with Gasteiger partial charge in [-0.05, 0) is 43.4 Å². The Morgan fingerprint density at radius 1 is 1.39 bits per heavy atom. The van der Waals surface area contributed by atoms with Crippen molar-refractivity contribution in [2.24, 2.45) is 5.92 Å². The molecule has 0 saturated carbocycles. The highest BCUT2D eigenvalue weighted by molar-refractivity contribution is 6.32. The Bertz CT molecular complexity index is 1120. The van der Waals surface area contributed by atoms with Crippen LogP contribution in [0.3, 0.4) is 0 Å². The zero-order valence-corrected chi connectivity index (χ0v) is 16.5. The summed E-state index contributed by atoms with van der Waals surface area (Å²) in [6.07, 6.45) is 6.14. The monoisotopic (exact) mass is 400 g/mol. The van der Waals surface area contributed by atoms with E-state index >= 15 is 0 Å². The smallest absolute Gasteiger partial charge is 0.277 e. The number of amides is 1. The van der Waals surface area contributed by atoms with E-state index in [9.17, 15) is 9.59 Å². The summed E-state index contributed by atoms with van der Waals surface area (Å²) in [5.74, 6) is 0.743. The maximum Gasteiger partial charge on any atom is 0.277 e. The third kappa shape index (κ3) is 3.38. The van der Waals surface area contributed by atoms with Gasteiger partial charge in [-0.2, -0.15) is 5.10 Å². The van der Waals surface area contributed by atoms with Crippen molar-refractivity contribution in [2.45, 2.75) is 32.7 Å². The molecule has 0 saturated heterocycles. The van der Waals surface area contributed by atoms with Crippen molar-refractivity contribution in [1.82, 2.24) is 14.2 Å². The second-order valence-electron chi connectivity index (χ2n) is 7.20. The van der Waals surface area contributed by atoms with E-state index < -0.39 is 0 Å². The Hall–Kier alpha value is -2.80. The van der Waals surface area contributed by atoms with Gasteiger partial charge in [-0.3, -0.25) is 9.59 Å². The highest BCUT2D eigenvalue weighted by atomic mass is 35.5. The second-order valence-corrected chi connectivity index (χ2v) is 7.60. The van der Waals surface area contributed by atoms with Crippen molar-refractivity contribution < 1.29 is 9.53 Å². The number of hydrogen-bond donors (Lipinski definition) is 1. The van der Waals surface area contributed by atoms with E-state index in [2.05, 4.69) is 17.3 Å². The van der Waals surface area contributed by atoms with E-state index in [1.807, 2.05) is 0 Å². The van der Waals surface area contributed by atoms with Gasteiger partial charge in [0.25, 0.3) is 5.56 Å². The zero-order chi connectivity index (χ0) is 19.8. The molecule has 2 aromatic heterocycles. The number of hydrogen-bond acceptors (Lipinski definition) is 4. The average Bonchev–Trinajstić information content (AvgIpc) is 3.02. The number of aromatic nitrogens is 3. The van der Waals surface area contributed by atoms with Crippen molar-refractivity contribution in [3.8, 4) is 5.75 Å². The first kappa shape index (κ1) is 18.6. The first-order chi connectivity index (χ1) is 13.5. The van der Waals surface area contributed by atoms with Gasteiger partial charge in [0.1, 0.15) is 17.8 Å². The molecular formula is C20H21ClN4O3. The molecule has 1 aliphatic rings. The first-order valence-corrected chi connectivity index (χ1v) is 9.57. The molecule has 2 heterocycles. The lowest BCUT2D eigenvalue weighted by Crippen LogP contribution is -2.28. The molecule has 0 spiro atoms. The van der Waals surface area contributed by atoms with Gasteiger partial charge in [-0.25, -0.2) is 4.52 Å². The number of fused-ring (bicyclic) bond motifs is 3. The van der Waals surface area contributed by atoms with Crippen molar-refractivity contribution in [1.29, 1.82) is 0 Å². The predicted octanol–water partition coefficient (Wildman–Crippen LogP) is 2.92. The number of aryl methyl sites for hydroxylation is 1. The fraction of sp³-hybridized carbons (Fsp3) is 0.350. The number of rotatable bonds is 4. The molecule has 0 radical (unpaired) electrons. The Morgan fingerprint density at radius 2 is 2.21 bits per heavy atom. The molecule has 3 aromatic rings. The van der Waals surface area contributed by atoms with Crippen LogP contribution < -0.4 is 15.6 Å². The van der Waals surface area contributed by atoms with Gasteiger partial charge in [0.15, 0.2) is 0 Å². The quantitative estimate of drug-likeness (QED) is 0.730. The van der Waals surface area contributed by atoms with E-state index in [1.165, 1.54) is 11.7 Å². The largest absolute Gasteiger partial charge is 0.495 e. The standard InChI is InChI=1S/C20H21ClN4O3/c1-12-3-5-16-14(9-12)19-20(27)24(7-8-25(19)23-16)11-18(26)22-13-4-6-17(28-2)15(21)10-13/h4,6-8,10,12H,3,5,9,11H2,1-2H3,(H,22,26)/t12-/m1/s1. The van der Waals surface area contributed by atoms with E-state index in [1.54, 1.807) is 35.1 Å². The normalized spacial score (nSPS) is 16.0. The van der Waals surface area contributed by atoms with E-state index in [0.717, 1.165) is 30.5 Å². The summed E-state index contributed by atoms with van der Waals surface area (Å²) in [5, 5.41) is 7.70. The maximum absolute atomic E-state index is 13.0. The van der Waals surface area contributed by atoms with Gasteiger partial charge in [0.05, 0.1) is 17.8 Å². The van der Waals surface area contributed by atoms with Crippen molar-refractivity contribution >= 4 is 28.7 Å². The number of methoxy groups -OCH3 is 1. The maximum atomic E-state index is 13.0. The van der Waals surface area contributed by atoms with Crippen LogP contribution in [-0.4, -0.2) is 27.2 Å². The summed E-state index contributed by atoms with van der Waals surface area (Å²) in [6, 6.07) is 4.98. The van der Waals surface area contributed by atoms with Gasteiger partial charge >= 0.3 is 0 Å². The molecule has 0 bridgehead atoms. The van der Waals surface area contributed by atoms with Gasteiger partial charge < -0.3 is 14.6 Å². The predicted molar refractivity (Wildman–Crippen MR) is 107 cm³/mol. The Morgan fingerprint density at radius 3 is 2.96 bits per heavy atom. The Kier molecular flexibility index (Phi) is 4.85. The molecule has 1 aromatic carbocycles. The molecule has 8 heteroatoms. The van der Waals surface area contributed by atoms with Crippen molar-refractivity contribution in [2.75, 3.05) is 12.4 Å². The number of carbonyl (C=O) groups excluding carboxylic acids is 1. The molecule has 0 aliphatic heterocycles. The SMILES string of the molecule is COc1ccc(NC(=O)Cn2ccn3nc4c(c3c2=O)C[C@H](C)CC4)cc1Cl. The van der Waals surface area contributed by atoms with Crippen LogP contribution in [-0.2, 0) is 24.2 Å².